The van der Waals surface area contributed by atoms with Crippen molar-refractivity contribution >= 4 is 29.1 Å². The Morgan fingerprint density at radius 3 is 2.67 bits per heavy atom. The van der Waals surface area contributed by atoms with Crippen LogP contribution in [0.15, 0.2) is 18.2 Å². The first-order valence-corrected chi connectivity index (χ1v) is 5.29. The quantitative estimate of drug-likeness (QED) is 0.507. The molecule has 3 nitrogen and oxygen atoms in total. The van der Waals surface area contributed by atoms with Gasteiger partial charge in [0.2, 0.25) is 5.91 Å². The minimum absolute atomic E-state index is 0.124. The van der Waals surface area contributed by atoms with Crippen LogP contribution in [-0.2, 0) is 11.3 Å². The molecule has 0 aliphatic heterocycles. The predicted octanol–water partition coefficient (Wildman–Crippen LogP) is 2.61. The number of rotatable bonds is 3. The first-order chi connectivity index (χ1) is 7.04. The Kier molecular flexibility index (Phi) is 4.39. The largest absolute Gasteiger partial charge is 0.276 e. The third-order valence-corrected chi connectivity index (χ3v) is 2.57. The zero-order valence-electron chi connectivity index (χ0n) is 8.34. The first kappa shape index (κ1) is 12.3. The SMILES string of the molecule is CCC(=O)N(N)Cc1ccc(Cl)cc1Cl. The Morgan fingerprint density at radius 1 is 1.47 bits per heavy atom. The predicted molar refractivity (Wildman–Crippen MR) is 61.5 cm³/mol. The van der Waals surface area contributed by atoms with Crippen molar-refractivity contribution in [1.29, 1.82) is 0 Å². The molecule has 1 aromatic carbocycles. The lowest BCUT2D eigenvalue weighted by Crippen LogP contribution is -2.36. The molecule has 0 unspecified atom stereocenters. The van der Waals surface area contributed by atoms with Gasteiger partial charge in [-0.15, -0.1) is 0 Å². The number of nitrogens with zero attached hydrogens (tertiary/aromatic N) is 1. The molecule has 1 aromatic rings. The lowest BCUT2D eigenvalue weighted by molar-refractivity contribution is -0.131. The van der Waals surface area contributed by atoms with Gasteiger partial charge in [-0.2, -0.15) is 0 Å². The van der Waals surface area contributed by atoms with Gasteiger partial charge in [0, 0.05) is 16.5 Å². The van der Waals surface area contributed by atoms with E-state index in [1.54, 1.807) is 25.1 Å². The van der Waals surface area contributed by atoms with E-state index in [4.69, 9.17) is 29.0 Å². The summed E-state index contributed by atoms with van der Waals surface area (Å²) in [4.78, 5) is 11.2. The number of amides is 1. The number of carbonyl (C=O) groups is 1. The molecule has 0 heterocycles. The van der Waals surface area contributed by atoms with Crippen molar-refractivity contribution in [2.75, 3.05) is 0 Å². The number of halogens is 2. The molecule has 5 heteroatoms. The second-order valence-electron chi connectivity index (χ2n) is 3.11. The maximum absolute atomic E-state index is 11.2. The van der Waals surface area contributed by atoms with Crippen LogP contribution in [0.3, 0.4) is 0 Å². The lowest BCUT2D eigenvalue weighted by atomic mass is 10.2. The third kappa shape index (κ3) is 3.38. The number of hydrazine groups is 1. The highest BCUT2D eigenvalue weighted by molar-refractivity contribution is 6.35. The minimum Gasteiger partial charge on any atom is -0.276 e. The van der Waals surface area contributed by atoms with Crippen molar-refractivity contribution in [3.05, 3.63) is 33.8 Å². The van der Waals surface area contributed by atoms with Crippen LogP contribution in [0.25, 0.3) is 0 Å². The molecule has 0 aliphatic carbocycles. The topological polar surface area (TPSA) is 46.3 Å². The van der Waals surface area contributed by atoms with E-state index < -0.39 is 0 Å². The van der Waals surface area contributed by atoms with Crippen molar-refractivity contribution in [3.63, 3.8) is 0 Å². The molecule has 0 bridgehead atoms. The van der Waals surface area contributed by atoms with Crippen LogP contribution in [0.4, 0.5) is 0 Å². The van der Waals surface area contributed by atoms with E-state index in [1.807, 2.05) is 0 Å². The Morgan fingerprint density at radius 2 is 2.13 bits per heavy atom. The summed E-state index contributed by atoms with van der Waals surface area (Å²) < 4.78 is 0. The van der Waals surface area contributed by atoms with Gasteiger partial charge in [0.1, 0.15) is 0 Å². The van der Waals surface area contributed by atoms with Crippen LogP contribution in [0.2, 0.25) is 10.0 Å². The van der Waals surface area contributed by atoms with Crippen LogP contribution in [0, 0.1) is 0 Å². The standard InChI is InChI=1S/C10H12Cl2N2O/c1-2-10(15)14(13)6-7-3-4-8(11)5-9(7)12/h3-5H,2,6,13H2,1H3. The fraction of sp³-hybridized carbons (Fsp3) is 0.300. The second kappa shape index (κ2) is 5.35. The van der Waals surface area contributed by atoms with E-state index in [0.29, 0.717) is 23.0 Å². The maximum Gasteiger partial charge on any atom is 0.236 e. The van der Waals surface area contributed by atoms with Gasteiger partial charge in [0.05, 0.1) is 6.54 Å². The zero-order valence-corrected chi connectivity index (χ0v) is 9.85. The average Bonchev–Trinajstić information content (AvgIpc) is 2.20. The van der Waals surface area contributed by atoms with Crippen molar-refractivity contribution in [3.8, 4) is 0 Å². The van der Waals surface area contributed by atoms with Crippen molar-refractivity contribution in [1.82, 2.24) is 5.01 Å². The molecule has 0 fully saturated rings. The summed E-state index contributed by atoms with van der Waals surface area (Å²) in [5.74, 6) is 5.43. The highest BCUT2D eigenvalue weighted by atomic mass is 35.5. The van der Waals surface area contributed by atoms with Crippen LogP contribution >= 0.6 is 23.2 Å². The summed E-state index contributed by atoms with van der Waals surface area (Å²) in [5.41, 5.74) is 0.783. The monoisotopic (exact) mass is 246 g/mol. The molecule has 0 atom stereocenters. The van der Waals surface area contributed by atoms with Gasteiger partial charge in [-0.05, 0) is 17.7 Å². The normalized spacial score (nSPS) is 10.1. The van der Waals surface area contributed by atoms with E-state index >= 15 is 0 Å². The summed E-state index contributed by atoms with van der Waals surface area (Å²) in [7, 11) is 0. The molecule has 1 rings (SSSR count). The molecule has 0 saturated carbocycles. The molecule has 15 heavy (non-hydrogen) atoms. The van der Waals surface area contributed by atoms with Crippen molar-refractivity contribution in [2.45, 2.75) is 19.9 Å². The lowest BCUT2D eigenvalue weighted by Gasteiger charge is -2.16. The Hall–Kier alpha value is -0.770. The van der Waals surface area contributed by atoms with Gasteiger partial charge in [-0.25, -0.2) is 5.84 Å². The van der Waals surface area contributed by atoms with E-state index in [0.717, 1.165) is 10.6 Å². The molecular formula is C10H12Cl2N2O. The van der Waals surface area contributed by atoms with E-state index in [1.165, 1.54) is 0 Å². The fourth-order valence-corrected chi connectivity index (χ4v) is 1.59. The first-order valence-electron chi connectivity index (χ1n) is 4.53. The maximum atomic E-state index is 11.2. The van der Waals surface area contributed by atoms with Gasteiger partial charge >= 0.3 is 0 Å². The Labute approximate surface area is 98.7 Å². The summed E-state index contributed by atoms with van der Waals surface area (Å²) in [6, 6.07) is 5.10. The highest BCUT2D eigenvalue weighted by Crippen LogP contribution is 2.21. The van der Waals surface area contributed by atoms with Crippen LogP contribution in [0.1, 0.15) is 18.9 Å². The van der Waals surface area contributed by atoms with Gasteiger partial charge in [-0.1, -0.05) is 36.2 Å². The summed E-state index contributed by atoms with van der Waals surface area (Å²) in [6.07, 6.45) is 0.377. The third-order valence-electron chi connectivity index (χ3n) is 1.98. The number of benzene rings is 1. The van der Waals surface area contributed by atoms with E-state index in [-0.39, 0.29) is 5.91 Å². The van der Waals surface area contributed by atoms with Crippen molar-refractivity contribution < 1.29 is 4.79 Å². The number of hydrogen-bond acceptors (Lipinski definition) is 2. The average molecular weight is 247 g/mol. The minimum atomic E-state index is -0.124. The second-order valence-corrected chi connectivity index (χ2v) is 3.95. The molecule has 0 aliphatic rings. The summed E-state index contributed by atoms with van der Waals surface area (Å²) in [5, 5.41) is 2.23. The summed E-state index contributed by atoms with van der Waals surface area (Å²) >= 11 is 11.7. The summed E-state index contributed by atoms with van der Waals surface area (Å²) in [6.45, 7) is 2.05. The molecule has 2 N–H and O–H groups in total. The molecule has 0 spiro atoms. The number of carbonyl (C=O) groups excluding carboxylic acids is 1. The van der Waals surface area contributed by atoms with Crippen molar-refractivity contribution in [2.24, 2.45) is 5.84 Å². The molecule has 0 saturated heterocycles. The molecular weight excluding hydrogens is 235 g/mol. The van der Waals surface area contributed by atoms with E-state index in [9.17, 15) is 4.79 Å². The van der Waals surface area contributed by atoms with Crippen LogP contribution < -0.4 is 5.84 Å². The smallest absolute Gasteiger partial charge is 0.236 e. The van der Waals surface area contributed by atoms with Crippen LogP contribution in [-0.4, -0.2) is 10.9 Å². The number of nitrogens with two attached hydrogens (primary N) is 1. The molecule has 0 radical (unpaired) electrons. The fourth-order valence-electron chi connectivity index (χ4n) is 1.12. The molecule has 82 valence electrons. The number of hydrogen-bond donors (Lipinski definition) is 1. The Balaban J connectivity index is 2.76. The van der Waals surface area contributed by atoms with Crippen LogP contribution in [0.5, 0.6) is 0 Å². The van der Waals surface area contributed by atoms with Gasteiger partial charge in [0.15, 0.2) is 0 Å². The molecule has 0 aromatic heterocycles. The van der Waals surface area contributed by atoms with Gasteiger partial charge in [0.25, 0.3) is 0 Å². The highest BCUT2D eigenvalue weighted by Gasteiger charge is 2.09. The molecule has 1 amide bonds. The van der Waals surface area contributed by atoms with E-state index in [2.05, 4.69) is 0 Å². The van der Waals surface area contributed by atoms with Gasteiger partial charge in [-0.3, -0.25) is 9.80 Å². The Bertz CT molecular complexity index is 368. The zero-order chi connectivity index (χ0) is 11.4. The van der Waals surface area contributed by atoms with Gasteiger partial charge < -0.3 is 0 Å².